The molecule has 34 heavy (non-hydrogen) atoms. The molecule has 2 bridgehead atoms. The van der Waals surface area contributed by atoms with E-state index in [1.54, 1.807) is 4.68 Å². The van der Waals surface area contributed by atoms with Crippen molar-refractivity contribution in [1.82, 2.24) is 34.7 Å². The second kappa shape index (κ2) is 8.48. The topological polar surface area (TPSA) is 93.9 Å². The number of carbonyl (C=O) groups excluding carboxylic acids is 1. The molecule has 5 rings (SSSR count). The Morgan fingerprint density at radius 1 is 1.24 bits per heavy atom. The number of amides is 1. The first-order valence-electron chi connectivity index (χ1n) is 11.5. The van der Waals surface area contributed by atoms with Crippen molar-refractivity contribution in [3.63, 3.8) is 0 Å². The number of benzene rings is 1. The molecule has 1 amide bonds. The van der Waals surface area contributed by atoms with Gasteiger partial charge in [0.25, 0.3) is 0 Å². The summed E-state index contributed by atoms with van der Waals surface area (Å²) in [7, 11) is 3.79. The Labute approximate surface area is 198 Å². The van der Waals surface area contributed by atoms with Gasteiger partial charge in [0.15, 0.2) is 0 Å². The highest BCUT2D eigenvalue weighted by molar-refractivity contribution is 5.93. The van der Waals surface area contributed by atoms with Crippen molar-refractivity contribution in [2.45, 2.75) is 39.8 Å². The van der Waals surface area contributed by atoms with Gasteiger partial charge in [0, 0.05) is 37.2 Å². The van der Waals surface area contributed by atoms with E-state index < -0.39 is 0 Å². The van der Waals surface area contributed by atoms with Gasteiger partial charge in [-0.2, -0.15) is 15.3 Å². The predicted octanol–water partition coefficient (Wildman–Crippen LogP) is 3.70. The minimum atomic E-state index is -0.244. The van der Waals surface area contributed by atoms with Crippen LogP contribution in [0.25, 0.3) is 34.2 Å². The molecule has 1 aromatic carbocycles. The van der Waals surface area contributed by atoms with E-state index in [-0.39, 0.29) is 12.0 Å². The number of aromatic amines is 1. The number of aryl methyl sites for hydroxylation is 2. The normalized spacial score (nSPS) is 17.1. The quantitative estimate of drug-likeness (QED) is 0.469. The smallest absolute Gasteiger partial charge is 0.222 e. The van der Waals surface area contributed by atoms with Crippen molar-refractivity contribution in [3.8, 4) is 17.0 Å². The zero-order valence-corrected chi connectivity index (χ0v) is 20.2. The molecule has 0 saturated heterocycles. The van der Waals surface area contributed by atoms with Gasteiger partial charge < -0.3 is 9.64 Å². The lowest BCUT2D eigenvalue weighted by Gasteiger charge is -2.26. The lowest BCUT2D eigenvalue weighted by Crippen LogP contribution is -2.38. The first-order valence-corrected chi connectivity index (χ1v) is 11.5. The van der Waals surface area contributed by atoms with Crippen molar-refractivity contribution < 1.29 is 9.53 Å². The maximum atomic E-state index is 12.9. The number of carbonyl (C=O) groups is 1. The first kappa shape index (κ1) is 21.9. The summed E-state index contributed by atoms with van der Waals surface area (Å²) in [5.41, 5.74) is 6.58. The van der Waals surface area contributed by atoms with Crippen LogP contribution in [0.5, 0.6) is 5.88 Å². The fraction of sp³-hybridized carbons (Fsp3) is 0.360. The van der Waals surface area contributed by atoms with Crippen LogP contribution in [0.15, 0.2) is 24.4 Å². The van der Waals surface area contributed by atoms with Gasteiger partial charge in [-0.05, 0) is 43.7 Å². The lowest BCUT2D eigenvalue weighted by molar-refractivity contribution is -0.132. The number of fused-ring (bicyclic) bond motifs is 4. The van der Waals surface area contributed by atoms with Gasteiger partial charge in [-0.25, -0.2) is 4.68 Å². The van der Waals surface area contributed by atoms with Gasteiger partial charge in [0.2, 0.25) is 11.8 Å². The fourth-order valence-electron chi connectivity index (χ4n) is 4.48. The number of hydrogen-bond acceptors (Lipinski definition) is 5. The van der Waals surface area contributed by atoms with Gasteiger partial charge in [-0.3, -0.25) is 14.6 Å². The van der Waals surface area contributed by atoms with E-state index in [1.165, 1.54) is 0 Å². The van der Waals surface area contributed by atoms with Gasteiger partial charge in [-0.15, -0.1) is 0 Å². The van der Waals surface area contributed by atoms with Crippen molar-refractivity contribution in [3.05, 3.63) is 47.0 Å². The number of nitrogens with zero attached hydrogens (tertiary/aromatic N) is 6. The lowest BCUT2D eigenvalue weighted by atomic mass is 10.0. The largest absolute Gasteiger partial charge is 0.472 e. The second-order valence-corrected chi connectivity index (χ2v) is 8.82. The molecule has 0 unspecified atom stereocenters. The van der Waals surface area contributed by atoms with Gasteiger partial charge >= 0.3 is 0 Å². The van der Waals surface area contributed by atoms with Crippen molar-refractivity contribution in [1.29, 1.82) is 0 Å². The average Bonchev–Trinajstić information content (AvgIpc) is 3.47. The molecule has 0 saturated carbocycles. The van der Waals surface area contributed by atoms with Gasteiger partial charge in [-0.1, -0.05) is 13.0 Å². The van der Waals surface area contributed by atoms with E-state index in [9.17, 15) is 4.79 Å². The molecule has 0 radical (unpaired) electrons. The SMILES string of the molecule is CCC(=O)N1Cc2nn(C)c(C)c2/C=C/c2[nH]nc3ccc(cc23)-c2cnn(C)c2O[C@@H](C)C1. The zero-order chi connectivity index (χ0) is 24.0. The highest BCUT2D eigenvalue weighted by Crippen LogP contribution is 2.33. The summed E-state index contributed by atoms with van der Waals surface area (Å²) in [5.74, 6) is 0.728. The molecule has 0 aliphatic carbocycles. The summed E-state index contributed by atoms with van der Waals surface area (Å²) in [6.07, 6.45) is 6.07. The van der Waals surface area contributed by atoms with Crippen molar-refractivity contribution in [2.24, 2.45) is 14.1 Å². The molecule has 4 aromatic rings. The standard InChI is InChI=1S/C25H29N7O2/c1-6-24(33)32-13-15(2)34-25-20(12-26-31(25)5)17-7-9-21-19(11-17)22(28-27-21)10-8-18-16(3)30(4)29-23(18)14-32/h7-12,15H,6,13-14H2,1-5H3,(H,27,28)/b10-8+/t15-/m0/s1. The molecule has 0 spiro atoms. The Balaban J connectivity index is 1.70. The highest BCUT2D eigenvalue weighted by atomic mass is 16.5. The molecule has 0 fully saturated rings. The molecule has 9 heteroatoms. The summed E-state index contributed by atoms with van der Waals surface area (Å²) in [4.78, 5) is 14.7. The van der Waals surface area contributed by atoms with Crippen LogP contribution in [-0.4, -0.2) is 53.2 Å². The van der Waals surface area contributed by atoms with E-state index in [4.69, 9.17) is 9.84 Å². The molecule has 1 atom stereocenters. The van der Waals surface area contributed by atoms with Crippen molar-refractivity contribution >= 4 is 29.0 Å². The predicted molar refractivity (Wildman–Crippen MR) is 131 cm³/mol. The molecule has 9 nitrogen and oxygen atoms in total. The maximum absolute atomic E-state index is 12.9. The van der Waals surface area contributed by atoms with E-state index in [2.05, 4.69) is 27.4 Å². The molecule has 3 aromatic heterocycles. The number of nitrogens with one attached hydrogen (secondary N) is 1. The van der Waals surface area contributed by atoms with Gasteiger partial charge in [0.1, 0.15) is 6.10 Å². The minimum Gasteiger partial charge on any atom is -0.472 e. The van der Waals surface area contributed by atoms with E-state index in [1.807, 2.05) is 68.9 Å². The first-order chi connectivity index (χ1) is 16.4. The zero-order valence-electron chi connectivity index (χ0n) is 20.2. The Hall–Kier alpha value is -3.88. The molecule has 4 heterocycles. The Morgan fingerprint density at radius 3 is 2.85 bits per heavy atom. The third-order valence-electron chi connectivity index (χ3n) is 6.44. The van der Waals surface area contributed by atoms with Crippen LogP contribution in [0.4, 0.5) is 0 Å². The van der Waals surface area contributed by atoms with Gasteiger partial charge in [0.05, 0.1) is 41.8 Å². The van der Waals surface area contributed by atoms with Crippen molar-refractivity contribution in [2.75, 3.05) is 6.54 Å². The maximum Gasteiger partial charge on any atom is 0.222 e. The Bertz CT molecular complexity index is 1410. The number of aromatic nitrogens is 6. The molecular formula is C25H29N7O2. The number of hydrogen-bond donors (Lipinski definition) is 1. The van der Waals surface area contributed by atoms with Crippen LogP contribution in [-0.2, 0) is 25.4 Å². The van der Waals surface area contributed by atoms with E-state index in [0.717, 1.165) is 44.7 Å². The second-order valence-electron chi connectivity index (χ2n) is 8.82. The minimum absolute atomic E-state index is 0.0603. The Morgan fingerprint density at radius 2 is 2.06 bits per heavy atom. The van der Waals surface area contributed by atoms with Crippen LogP contribution < -0.4 is 4.74 Å². The molecule has 1 aliphatic rings. The molecular weight excluding hydrogens is 430 g/mol. The van der Waals surface area contributed by atoms with Crippen LogP contribution >= 0.6 is 0 Å². The van der Waals surface area contributed by atoms with Crippen LogP contribution in [0, 0.1) is 6.92 Å². The van der Waals surface area contributed by atoms with Crippen LogP contribution in [0.3, 0.4) is 0 Å². The highest BCUT2D eigenvalue weighted by Gasteiger charge is 2.23. The summed E-state index contributed by atoms with van der Waals surface area (Å²) < 4.78 is 9.97. The summed E-state index contributed by atoms with van der Waals surface area (Å²) >= 11 is 0. The van der Waals surface area contributed by atoms with Crippen LogP contribution in [0.2, 0.25) is 0 Å². The third-order valence-corrected chi connectivity index (χ3v) is 6.44. The number of ether oxygens (including phenoxy) is 1. The summed E-state index contributed by atoms with van der Waals surface area (Å²) in [6.45, 7) is 6.75. The monoisotopic (exact) mass is 459 g/mol. The number of H-pyrrole nitrogens is 1. The molecule has 176 valence electrons. The van der Waals surface area contributed by atoms with Crippen LogP contribution in [0.1, 0.15) is 42.9 Å². The summed E-state index contributed by atoms with van der Waals surface area (Å²) in [5, 5.41) is 17.8. The third kappa shape index (κ3) is 3.76. The fourth-order valence-corrected chi connectivity index (χ4v) is 4.48. The van der Waals surface area contributed by atoms with E-state index >= 15 is 0 Å². The summed E-state index contributed by atoms with van der Waals surface area (Å²) in [6, 6.07) is 6.13. The number of rotatable bonds is 1. The molecule has 1 aliphatic heterocycles. The van der Waals surface area contributed by atoms with E-state index in [0.29, 0.717) is 25.4 Å². The molecule has 1 N–H and O–H groups in total. The Kier molecular flexibility index (Phi) is 5.47. The average molecular weight is 460 g/mol.